The standard InChI is InChI=1S/C27H24ClF2N3O4S/c1-4-36-26(35)19-12-33(27-31-21(13-38-27)16-5-7-17(28)8-6-16)23-18(25(19)34)9-20(29)24(22(23)30)32-10-14(2)37-15(3)11-32/h5-9,12-15H,4,10-11H2,1-3H3. The number of carbonyl (C=O) groups is 1. The van der Waals surface area contributed by atoms with E-state index >= 15 is 8.78 Å². The highest BCUT2D eigenvalue weighted by atomic mass is 35.5. The van der Waals surface area contributed by atoms with Gasteiger partial charge in [-0.2, -0.15) is 0 Å². The molecule has 198 valence electrons. The summed E-state index contributed by atoms with van der Waals surface area (Å²) < 4.78 is 43.9. The maximum absolute atomic E-state index is 16.3. The van der Waals surface area contributed by atoms with E-state index in [0.717, 1.165) is 11.6 Å². The van der Waals surface area contributed by atoms with Gasteiger partial charge >= 0.3 is 5.97 Å². The van der Waals surface area contributed by atoms with E-state index in [0.29, 0.717) is 10.7 Å². The molecule has 1 fully saturated rings. The Bertz CT molecular complexity index is 1580. The van der Waals surface area contributed by atoms with Gasteiger partial charge in [-0.25, -0.2) is 18.6 Å². The van der Waals surface area contributed by atoms with Crippen molar-refractivity contribution >= 4 is 45.5 Å². The second-order valence-electron chi connectivity index (χ2n) is 9.06. The Kier molecular flexibility index (Phi) is 7.21. The van der Waals surface area contributed by atoms with Crippen LogP contribution in [0.15, 0.2) is 46.7 Å². The average molecular weight is 560 g/mol. The van der Waals surface area contributed by atoms with E-state index in [4.69, 9.17) is 21.1 Å². The van der Waals surface area contributed by atoms with Gasteiger partial charge in [-0.3, -0.25) is 9.36 Å². The minimum absolute atomic E-state index is 0.0311. The number of anilines is 1. The van der Waals surface area contributed by atoms with E-state index in [1.165, 1.54) is 22.1 Å². The van der Waals surface area contributed by atoms with E-state index in [2.05, 4.69) is 4.98 Å². The monoisotopic (exact) mass is 559 g/mol. The number of halogens is 3. The Labute approximate surface area is 226 Å². The topological polar surface area (TPSA) is 73.7 Å². The SMILES string of the molecule is CCOC(=O)c1cn(-c2nc(-c3ccc(Cl)cc3)cs2)c2c(F)c(N3CC(C)OC(C)C3)c(F)cc2c1=O. The van der Waals surface area contributed by atoms with Crippen molar-refractivity contribution in [2.45, 2.75) is 33.0 Å². The van der Waals surface area contributed by atoms with Crippen molar-refractivity contribution in [1.82, 2.24) is 9.55 Å². The lowest BCUT2D eigenvalue weighted by Gasteiger charge is -2.37. The number of nitrogens with zero attached hydrogens (tertiary/aromatic N) is 3. The quantitative estimate of drug-likeness (QED) is 0.286. The summed E-state index contributed by atoms with van der Waals surface area (Å²) >= 11 is 7.18. The number of thiazole rings is 1. The third-order valence-corrected chi connectivity index (χ3v) is 7.32. The van der Waals surface area contributed by atoms with Gasteiger partial charge < -0.3 is 14.4 Å². The molecule has 0 spiro atoms. The number of morpholine rings is 1. The minimum Gasteiger partial charge on any atom is -0.462 e. The second kappa shape index (κ2) is 10.4. The second-order valence-corrected chi connectivity index (χ2v) is 10.3. The van der Waals surface area contributed by atoms with Crippen molar-refractivity contribution in [3.05, 3.63) is 74.4 Å². The molecule has 0 N–H and O–H groups in total. The molecule has 1 aliphatic heterocycles. The smallest absolute Gasteiger partial charge is 0.343 e. The van der Waals surface area contributed by atoms with Crippen LogP contribution >= 0.6 is 22.9 Å². The van der Waals surface area contributed by atoms with Gasteiger partial charge in [0.1, 0.15) is 17.1 Å². The van der Waals surface area contributed by atoms with Crippen LogP contribution in [-0.4, -0.2) is 47.4 Å². The Morgan fingerprint density at radius 3 is 2.55 bits per heavy atom. The summed E-state index contributed by atoms with van der Waals surface area (Å²) in [5.74, 6) is -2.71. The summed E-state index contributed by atoms with van der Waals surface area (Å²) in [5, 5.41) is 2.33. The average Bonchev–Trinajstić information content (AvgIpc) is 3.35. The van der Waals surface area contributed by atoms with Gasteiger partial charge in [0.05, 0.1) is 35.4 Å². The summed E-state index contributed by atoms with van der Waals surface area (Å²) in [5.41, 5.74) is -0.240. The number of aromatic nitrogens is 2. The lowest BCUT2D eigenvalue weighted by molar-refractivity contribution is -0.00557. The molecule has 2 aromatic heterocycles. The third-order valence-electron chi connectivity index (χ3n) is 6.23. The summed E-state index contributed by atoms with van der Waals surface area (Å²) in [7, 11) is 0. The molecule has 5 rings (SSSR count). The highest BCUT2D eigenvalue weighted by molar-refractivity contribution is 7.12. The maximum atomic E-state index is 16.3. The molecule has 0 amide bonds. The normalized spacial score (nSPS) is 17.7. The maximum Gasteiger partial charge on any atom is 0.343 e. The van der Waals surface area contributed by atoms with E-state index in [9.17, 15) is 9.59 Å². The van der Waals surface area contributed by atoms with Crippen molar-refractivity contribution in [3.8, 4) is 16.4 Å². The molecular formula is C27H24ClF2N3O4S. The van der Waals surface area contributed by atoms with Gasteiger partial charge in [-0.15, -0.1) is 11.3 Å². The van der Waals surface area contributed by atoms with Crippen molar-refractivity contribution < 1.29 is 23.0 Å². The molecule has 0 bridgehead atoms. The summed E-state index contributed by atoms with van der Waals surface area (Å²) in [4.78, 5) is 32.1. The summed E-state index contributed by atoms with van der Waals surface area (Å²) in [6, 6.07) is 8.02. The van der Waals surface area contributed by atoms with Crippen LogP contribution in [0.25, 0.3) is 27.3 Å². The lowest BCUT2D eigenvalue weighted by atomic mass is 10.1. The first-order chi connectivity index (χ1) is 18.2. The zero-order chi connectivity index (χ0) is 27.1. The van der Waals surface area contributed by atoms with Gasteiger partial charge in [-0.1, -0.05) is 23.7 Å². The number of carbonyl (C=O) groups excluding carboxylic acids is 1. The molecule has 0 radical (unpaired) electrons. The highest BCUT2D eigenvalue weighted by Gasteiger charge is 2.30. The molecule has 0 aliphatic carbocycles. The predicted octanol–water partition coefficient (Wildman–Crippen LogP) is 5.84. The van der Waals surface area contributed by atoms with Gasteiger partial charge in [0.15, 0.2) is 10.9 Å². The number of hydrogen-bond acceptors (Lipinski definition) is 7. The Morgan fingerprint density at radius 2 is 1.89 bits per heavy atom. The van der Waals surface area contributed by atoms with Crippen LogP contribution in [0.3, 0.4) is 0 Å². The van der Waals surface area contributed by atoms with Crippen LogP contribution in [0.1, 0.15) is 31.1 Å². The summed E-state index contributed by atoms with van der Waals surface area (Å²) in [6.07, 6.45) is 0.715. The van der Waals surface area contributed by atoms with Crippen molar-refractivity contribution in [3.63, 3.8) is 0 Å². The molecule has 11 heteroatoms. The zero-order valence-corrected chi connectivity index (χ0v) is 22.4. The zero-order valence-electron chi connectivity index (χ0n) is 20.8. The Balaban J connectivity index is 1.75. The molecular weight excluding hydrogens is 536 g/mol. The van der Waals surface area contributed by atoms with Gasteiger partial charge in [0, 0.05) is 35.3 Å². The van der Waals surface area contributed by atoms with E-state index < -0.39 is 23.0 Å². The molecule has 3 heterocycles. The number of fused-ring (bicyclic) bond motifs is 1. The molecule has 2 aromatic carbocycles. The number of hydrogen-bond donors (Lipinski definition) is 0. The third kappa shape index (κ3) is 4.79. The first-order valence-corrected chi connectivity index (χ1v) is 13.3. The Hall–Kier alpha value is -3.34. The molecule has 7 nitrogen and oxygen atoms in total. The van der Waals surface area contributed by atoms with Gasteiger partial charge in [0.25, 0.3) is 0 Å². The van der Waals surface area contributed by atoms with E-state index in [1.54, 1.807) is 41.5 Å². The number of esters is 1. The minimum atomic E-state index is -0.919. The molecule has 4 aromatic rings. The molecule has 2 unspecified atom stereocenters. The predicted molar refractivity (Wildman–Crippen MR) is 144 cm³/mol. The Morgan fingerprint density at radius 1 is 1.21 bits per heavy atom. The number of pyridine rings is 1. The van der Waals surface area contributed by atoms with Crippen molar-refractivity contribution in [2.24, 2.45) is 0 Å². The van der Waals surface area contributed by atoms with Crippen LogP contribution < -0.4 is 10.3 Å². The fraction of sp³-hybridized carbons (Fsp3) is 0.296. The first-order valence-electron chi connectivity index (χ1n) is 12.0. The molecule has 38 heavy (non-hydrogen) atoms. The molecule has 0 saturated carbocycles. The van der Waals surface area contributed by atoms with Gasteiger partial charge in [0.2, 0.25) is 5.43 Å². The number of ether oxygens (including phenoxy) is 2. The summed E-state index contributed by atoms with van der Waals surface area (Å²) in [6.45, 7) is 5.83. The molecule has 1 saturated heterocycles. The van der Waals surface area contributed by atoms with E-state index in [-0.39, 0.29) is 59.2 Å². The van der Waals surface area contributed by atoms with Crippen LogP contribution in [-0.2, 0) is 9.47 Å². The van der Waals surface area contributed by atoms with Crippen molar-refractivity contribution in [2.75, 3.05) is 24.6 Å². The van der Waals surface area contributed by atoms with E-state index in [1.807, 2.05) is 13.8 Å². The van der Waals surface area contributed by atoms with Crippen LogP contribution in [0, 0.1) is 11.6 Å². The number of benzene rings is 2. The first kappa shape index (κ1) is 26.3. The largest absolute Gasteiger partial charge is 0.462 e. The molecule has 2 atom stereocenters. The molecule has 1 aliphatic rings. The fourth-order valence-electron chi connectivity index (χ4n) is 4.69. The van der Waals surface area contributed by atoms with Crippen molar-refractivity contribution in [1.29, 1.82) is 0 Å². The number of rotatable bonds is 5. The van der Waals surface area contributed by atoms with Crippen LogP contribution in [0.2, 0.25) is 5.02 Å². The fourth-order valence-corrected chi connectivity index (χ4v) is 5.63. The van der Waals surface area contributed by atoms with Crippen LogP contribution in [0.4, 0.5) is 14.5 Å². The highest BCUT2D eigenvalue weighted by Crippen LogP contribution is 2.34. The van der Waals surface area contributed by atoms with Gasteiger partial charge in [-0.05, 0) is 39.0 Å². The van der Waals surface area contributed by atoms with Crippen LogP contribution in [0.5, 0.6) is 0 Å². The lowest BCUT2D eigenvalue weighted by Crippen LogP contribution is -2.46.